The van der Waals surface area contributed by atoms with E-state index in [2.05, 4.69) is 5.32 Å². The van der Waals surface area contributed by atoms with Crippen molar-refractivity contribution in [3.63, 3.8) is 0 Å². The lowest BCUT2D eigenvalue weighted by Gasteiger charge is -2.27. The van der Waals surface area contributed by atoms with Crippen molar-refractivity contribution in [2.45, 2.75) is 16.7 Å². The molecule has 13 heteroatoms. The molecule has 0 saturated carbocycles. The van der Waals surface area contributed by atoms with Crippen molar-refractivity contribution in [3.05, 3.63) is 72.3 Å². The normalized spacial score (nSPS) is 14.4. The summed E-state index contributed by atoms with van der Waals surface area (Å²) >= 11 is 0. The van der Waals surface area contributed by atoms with Crippen LogP contribution in [0.15, 0.2) is 76.5 Å². The van der Waals surface area contributed by atoms with Crippen molar-refractivity contribution in [2.24, 2.45) is 0 Å². The van der Waals surface area contributed by atoms with Crippen LogP contribution in [0.4, 0.5) is 11.4 Å². The smallest absolute Gasteiger partial charge is 0.264 e. The van der Waals surface area contributed by atoms with Crippen LogP contribution in [-0.2, 0) is 29.6 Å². The number of carbonyl (C=O) groups excluding carboxylic acids is 1. The van der Waals surface area contributed by atoms with Crippen LogP contribution in [0.2, 0.25) is 0 Å². The van der Waals surface area contributed by atoms with Crippen LogP contribution in [0, 0.1) is 6.92 Å². The number of rotatable bonds is 10. The molecule has 11 nitrogen and oxygen atoms in total. The summed E-state index contributed by atoms with van der Waals surface area (Å²) in [6.45, 7) is 2.09. The molecule has 0 aromatic heterocycles. The number of ether oxygens (including phenoxy) is 3. The summed E-state index contributed by atoms with van der Waals surface area (Å²) in [5.41, 5.74) is 1.08. The fraction of sp³-hybridized carbons (Fsp3) is 0.296. The molecule has 1 amide bonds. The van der Waals surface area contributed by atoms with Crippen molar-refractivity contribution in [3.8, 4) is 11.5 Å². The van der Waals surface area contributed by atoms with E-state index in [9.17, 15) is 21.6 Å². The number of carbonyl (C=O) groups is 1. The van der Waals surface area contributed by atoms with Crippen LogP contribution in [0.3, 0.4) is 0 Å². The highest BCUT2D eigenvalue weighted by molar-refractivity contribution is 7.92. The van der Waals surface area contributed by atoms with Gasteiger partial charge in [0.15, 0.2) is 0 Å². The van der Waals surface area contributed by atoms with Gasteiger partial charge in [-0.25, -0.2) is 16.8 Å². The minimum absolute atomic E-state index is 0.00853. The number of nitrogens with zero attached hydrogens (tertiary/aromatic N) is 2. The number of aryl methyl sites for hydroxylation is 1. The minimum Gasteiger partial charge on any atom is -0.496 e. The van der Waals surface area contributed by atoms with E-state index in [1.165, 1.54) is 48.9 Å². The molecule has 1 N–H and O–H groups in total. The SMILES string of the molecule is COc1ccc(S(=O)(=O)N(CC(=O)Nc2ccc(OC)c(S(=O)(=O)N3CCOCC3)c2)c2ccccc2)cc1C. The second-order valence-corrected chi connectivity index (χ2v) is 12.7. The topological polar surface area (TPSA) is 132 Å². The summed E-state index contributed by atoms with van der Waals surface area (Å²) in [7, 11) is -5.25. The Morgan fingerprint density at radius 1 is 0.925 bits per heavy atom. The molecule has 4 rings (SSSR count). The lowest BCUT2D eigenvalue weighted by Crippen LogP contribution is -2.40. The number of benzene rings is 3. The van der Waals surface area contributed by atoms with Gasteiger partial charge in [-0.1, -0.05) is 18.2 Å². The van der Waals surface area contributed by atoms with Gasteiger partial charge in [0, 0.05) is 18.8 Å². The zero-order valence-corrected chi connectivity index (χ0v) is 24.0. The molecule has 0 aliphatic carbocycles. The van der Waals surface area contributed by atoms with Gasteiger partial charge in [0.2, 0.25) is 15.9 Å². The molecule has 3 aromatic carbocycles. The van der Waals surface area contributed by atoms with Gasteiger partial charge in [-0.15, -0.1) is 0 Å². The summed E-state index contributed by atoms with van der Waals surface area (Å²) in [4.78, 5) is 13.1. The molecule has 0 radical (unpaired) electrons. The third kappa shape index (κ3) is 6.22. The van der Waals surface area contributed by atoms with E-state index < -0.39 is 32.5 Å². The Morgan fingerprint density at radius 3 is 2.20 bits per heavy atom. The summed E-state index contributed by atoms with van der Waals surface area (Å²) in [5, 5.41) is 2.63. The Labute approximate surface area is 234 Å². The van der Waals surface area contributed by atoms with Gasteiger partial charge in [-0.05, 0) is 61.0 Å². The fourth-order valence-corrected chi connectivity index (χ4v) is 7.36. The minimum atomic E-state index is -4.16. The molecule has 214 valence electrons. The molecule has 1 aliphatic rings. The van der Waals surface area contributed by atoms with Crippen LogP contribution in [0.25, 0.3) is 0 Å². The van der Waals surface area contributed by atoms with E-state index >= 15 is 0 Å². The van der Waals surface area contributed by atoms with Crippen LogP contribution in [0.5, 0.6) is 11.5 Å². The molecule has 1 aliphatic heterocycles. The predicted molar refractivity (Wildman–Crippen MR) is 150 cm³/mol. The standard InChI is InChI=1S/C27H31N3O8S2/c1-20-17-23(10-12-24(20)36-2)39(32,33)30(22-7-5-4-6-8-22)19-27(31)28-21-9-11-25(37-3)26(18-21)40(34,35)29-13-15-38-16-14-29/h4-12,17-18H,13-16,19H2,1-3H3,(H,28,31). The van der Waals surface area contributed by atoms with Gasteiger partial charge in [-0.2, -0.15) is 4.31 Å². The molecule has 0 spiro atoms. The third-order valence-corrected chi connectivity index (χ3v) is 10.0. The molecular weight excluding hydrogens is 558 g/mol. The highest BCUT2D eigenvalue weighted by Crippen LogP contribution is 2.31. The lowest BCUT2D eigenvalue weighted by molar-refractivity contribution is -0.114. The number of hydrogen-bond acceptors (Lipinski definition) is 8. The van der Waals surface area contributed by atoms with Crippen molar-refractivity contribution < 1.29 is 35.8 Å². The van der Waals surface area contributed by atoms with E-state index in [0.29, 0.717) is 11.3 Å². The Kier molecular flexibility index (Phi) is 8.98. The fourth-order valence-electron chi connectivity index (χ4n) is 4.26. The number of amides is 1. The van der Waals surface area contributed by atoms with Crippen LogP contribution in [0.1, 0.15) is 5.56 Å². The van der Waals surface area contributed by atoms with Gasteiger partial charge in [0.25, 0.3) is 10.0 Å². The zero-order chi connectivity index (χ0) is 28.9. The lowest BCUT2D eigenvalue weighted by atomic mass is 10.2. The summed E-state index contributed by atoms with van der Waals surface area (Å²) in [6.07, 6.45) is 0. The highest BCUT2D eigenvalue weighted by atomic mass is 32.2. The summed E-state index contributed by atoms with van der Waals surface area (Å²) < 4.78 is 72.1. The maximum absolute atomic E-state index is 13.7. The van der Waals surface area contributed by atoms with Gasteiger partial charge in [0.1, 0.15) is 22.9 Å². The second-order valence-electron chi connectivity index (χ2n) is 8.91. The van der Waals surface area contributed by atoms with Crippen LogP contribution >= 0.6 is 0 Å². The number of anilines is 2. The van der Waals surface area contributed by atoms with E-state index in [4.69, 9.17) is 14.2 Å². The predicted octanol–water partition coefficient (Wildman–Crippen LogP) is 2.87. The maximum atomic E-state index is 13.7. The van der Waals surface area contributed by atoms with Gasteiger partial charge < -0.3 is 19.5 Å². The van der Waals surface area contributed by atoms with Crippen molar-refractivity contribution in [1.82, 2.24) is 4.31 Å². The first-order chi connectivity index (χ1) is 19.1. The molecule has 1 heterocycles. The quantitative estimate of drug-likeness (QED) is 0.382. The van der Waals surface area contributed by atoms with Crippen LogP contribution < -0.4 is 19.1 Å². The van der Waals surface area contributed by atoms with Crippen molar-refractivity contribution >= 4 is 37.3 Å². The van der Waals surface area contributed by atoms with E-state index in [0.717, 1.165) is 4.31 Å². The number of nitrogens with one attached hydrogen (secondary N) is 1. The number of sulfonamides is 2. The molecule has 0 atom stereocenters. The van der Waals surface area contributed by atoms with Gasteiger partial charge in [-0.3, -0.25) is 9.10 Å². The molecular formula is C27H31N3O8S2. The Bertz CT molecular complexity index is 1570. The average molecular weight is 590 g/mol. The largest absolute Gasteiger partial charge is 0.496 e. The van der Waals surface area contributed by atoms with Crippen LogP contribution in [-0.4, -0.2) is 74.1 Å². The number of para-hydroxylation sites is 1. The highest BCUT2D eigenvalue weighted by Gasteiger charge is 2.31. The zero-order valence-electron chi connectivity index (χ0n) is 22.4. The first-order valence-electron chi connectivity index (χ1n) is 12.4. The number of hydrogen-bond donors (Lipinski definition) is 1. The molecule has 1 saturated heterocycles. The maximum Gasteiger partial charge on any atom is 0.264 e. The van der Waals surface area contributed by atoms with Crippen molar-refractivity contribution in [2.75, 3.05) is 56.7 Å². The first-order valence-corrected chi connectivity index (χ1v) is 15.2. The van der Waals surface area contributed by atoms with Gasteiger partial charge >= 0.3 is 0 Å². The van der Waals surface area contributed by atoms with E-state index in [-0.39, 0.29) is 53.2 Å². The van der Waals surface area contributed by atoms with Gasteiger partial charge in [0.05, 0.1) is 38.0 Å². The number of methoxy groups -OCH3 is 2. The molecule has 3 aromatic rings. The monoisotopic (exact) mass is 589 g/mol. The van der Waals surface area contributed by atoms with E-state index in [1.807, 2.05) is 0 Å². The molecule has 0 unspecified atom stereocenters. The van der Waals surface area contributed by atoms with E-state index in [1.54, 1.807) is 43.3 Å². The third-order valence-electron chi connectivity index (χ3n) is 6.32. The average Bonchev–Trinajstić information content (AvgIpc) is 2.96. The Morgan fingerprint density at radius 2 is 1.57 bits per heavy atom. The first kappa shape index (κ1) is 29.3. The second kappa shape index (κ2) is 12.3. The molecule has 40 heavy (non-hydrogen) atoms. The number of morpholine rings is 1. The van der Waals surface area contributed by atoms with Crippen molar-refractivity contribution in [1.29, 1.82) is 0 Å². The summed E-state index contributed by atoms with van der Waals surface area (Å²) in [6, 6.07) is 16.9. The summed E-state index contributed by atoms with van der Waals surface area (Å²) in [5.74, 6) is -0.0179. The molecule has 1 fully saturated rings. The Hall–Kier alpha value is -3.65. The Balaban J connectivity index is 1.63. The molecule has 0 bridgehead atoms.